The molecule has 0 aliphatic rings. The quantitative estimate of drug-likeness (QED) is 0.328. The third-order valence-corrected chi connectivity index (χ3v) is 5.37. The Bertz CT molecular complexity index is 1540. The van der Waals surface area contributed by atoms with E-state index in [0.29, 0.717) is 23.1 Å². The van der Waals surface area contributed by atoms with Crippen molar-refractivity contribution in [3.05, 3.63) is 78.9 Å². The van der Waals surface area contributed by atoms with E-state index in [1.807, 2.05) is 53.1 Å². The zero-order valence-electron chi connectivity index (χ0n) is 18.9. The van der Waals surface area contributed by atoms with Crippen molar-refractivity contribution in [2.45, 2.75) is 13.1 Å². The van der Waals surface area contributed by atoms with Gasteiger partial charge in [0.1, 0.15) is 12.2 Å². The van der Waals surface area contributed by atoms with Crippen LogP contribution in [0.4, 0.5) is 23.7 Å². The minimum atomic E-state index is -4.48. The van der Waals surface area contributed by atoms with Crippen molar-refractivity contribution in [3.8, 4) is 33.8 Å². The zero-order valence-corrected chi connectivity index (χ0v) is 18.9. The van der Waals surface area contributed by atoms with Crippen LogP contribution < -0.4 is 10.6 Å². The van der Waals surface area contributed by atoms with Crippen LogP contribution in [0, 0.1) is 6.92 Å². The van der Waals surface area contributed by atoms with Crippen LogP contribution in [0.2, 0.25) is 0 Å². The number of anilines is 1. The van der Waals surface area contributed by atoms with Crippen LogP contribution in [-0.4, -0.2) is 38.3 Å². The second-order valence-electron chi connectivity index (χ2n) is 7.99. The molecule has 5 aromatic rings. The van der Waals surface area contributed by atoms with Crippen molar-refractivity contribution in [1.82, 2.24) is 24.9 Å². The molecule has 5 rings (SSSR count). The summed E-state index contributed by atoms with van der Waals surface area (Å²) in [5, 5.41) is 12.1. The summed E-state index contributed by atoms with van der Waals surface area (Å²) in [7, 11) is 0. The van der Waals surface area contributed by atoms with Gasteiger partial charge in [-0.3, -0.25) is 4.40 Å². The number of urea groups is 1. The Morgan fingerprint density at radius 1 is 0.972 bits per heavy atom. The first-order chi connectivity index (χ1) is 17.2. The molecule has 0 saturated carbocycles. The van der Waals surface area contributed by atoms with E-state index >= 15 is 0 Å². The average molecular weight is 492 g/mol. The van der Waals surface area contributed by atoms with Crippen LogP contribution in [0.3, 0.4) is 0 Å². The van der Waals surface area contributed by atoms with Gasteiger partial charge in [0, 0.05) is 29.9 Å². The number of fused-ring (bicyclic) bond motifs is 1. The first-order valence-corrected chi connectivity index (χ1v) is 10.9. The highest BCUT2D eigenvalue weighted by molar-refractivity contribution is 5.90. The van der Waals surface area contributed by atoms with Crippen LogP contribution in [0.1, 0.15) is 5.89 Å². The summed E-state index contributed by atoms with van der Waals surface area (Å²) in [5.41, 5.74) is 5.34. The lowest BCUT2D eigenvalue weighted by Crippen LogP contribution is -2.36. The monoisotopic (exact) mass is 492 g/mol. The minimum Gasteiger partial charge on any atom is -0.421 e. The SMILES string of the molecule is Cc1nnc(-c2ccc(-c3ccn4c(-c5cccc(NC(=O)NCC(F)(F)F)c5)cnc4c3)cc2)o1. The Kier molecular flexibility index (Phi) is 5.88. The second-order valence-corrected chi connectivity index (χ2v) is 7.99. The molecule has 11 heteroatoms. The summed E-state index contributed by atoms with van der Waals surface area (Å²) in [5.74, 6) is 0.961. The number of carbonyl (C=O) groups is 1. The minimum absolute atomic E-state index is 0.357. The molecule has 0 aliphatic heterocycles. The third kappa shape index (κ3) is 5.04. The lowest BCUT2D eigenvalue weighted by atomic mass is 10.0. The van der Waals surface area contributed by atoms with Crippen molar-refractivity contribution in [3.63, 3.8) is 0 Å². The molecular weight excluding hydrogens is 473 g/mol. The van der Waals surface area contributed by atoms with E-state index in [0.717, 1.165) is 27.9 Å². The first-order valence-electron chi connectivity index (χ1n) is 10.9. The van der Waals surface area contributed by atoms with Gasteiger partial charge in [0.2, 0.25) is 11.8 Å². The molecule has 0 fully saturated rings. The highest BCUT2D eigenvalue weighted by Gasteiger charge is 2.27. The number of benzene rings is 2. The molecule has 2 N–H and O–H groups in total. The van der Waals surface area contributed by atoms with Crippen molar-refractivity contribution >= 4 is 17.4 Å². The Morgan fingerprint density at radius 2 is 1.75 bits per heavy atom. The molecule has 36 heavy (non-hydrogen) atoms. The number of aromatic nitrogens is 4. The standard InChI is InChI=1S/C25H19F3N6O2/c1-15-32-33-23(36-15)17-7-5-16(6-8-17)18-9-10-34-21(13-29-22(34)12-18)19-3-2-4-20(11-19)31-24(35)30-14-25(26,27)28/h2-13H,14H2,1H3,(H2,30,31,35). The van der Waals surface area contributed by atoms with Gasteiger partial charge in [0.25, 0.3) is 0 Å². The largest absolute Gasteiger partial charge is 0.421 e. The molecule has 182 valence electrons. The van der Waals surface area contributed by atoms with Gasteiger partial charge in [0.15, 0.2) is 0 Å². The van der Waals surface area contributed by atoms with E-state index in [1.54, 1.807) is 36.6 Å². The molecule has 2 amide bonds. The Morgan fingerprint density at radius 3 is 2.47 bits per heavy atom. The fraction of sp³-hybridized carbons (Fsp3) is 0.120. The number of pyridine rings is 1. The Balaban J connectivity index is 1.35. The maximum Gasteiger partial charge on any atom is 0.405 e. The Hall–Kier alpha value is -4.67. The molecule has 0 unspecified atom stereocenters. The van der Waals surface area contributed by atoms with Gasteiger partial charge in [-0.1, -0.05) is 24.3 Å². The number of amides is 2. The van der Waals surface area contributed by atoms with Gasteiger partial charge in [0.05, 0.1) is 11.9 Å². The van der Waals surface area contributed by atoms with Gasteiger partial charge < -0.3 is 15.1 Å². The van der Waals surface area contributed by atoms with Crippen molar-refractivity contribution < 1.29 is 22.4 Å². The molecule has 2 aromatic carbocycles. The summed E-state index contributed by atoms with van der Waals surface area (Å²) < 4.78 is 44.3. The summed E-state index contributed by atoms with van der Waals surface area (Å²) in [6.45, 7) is 0.328. The number of hydrogen-bond acceptors (Lipinski definition) is 5. The fourth-order valence-corrected chi connectivity index (χ4v) is 3.70. The highest BCUT2D eigenvalue weighted by atomic mass is 19.4. The normalized spacial score (nSPS) is 11.6. The zero-order chi connectivity index (χ0) is 25.3. The van der Waals surface area contributed by atoms with Crippen LogP contribution in [-0.2, 0) is 0 Å². The predicted octanol–water partition coefficient (Wildman–Crippen LogP) is 5.71. The molecule has 0 radical (unpaired) electrons. The molecule has 0 atom stereocenters. The number of imidazole rings is 1. The average Bonchev–Trinajstić information content (AvgIpc) is 3.48. The molecule has 0 saturated heterocycles. The predicted molar refractivity (Wildman–Crippen MR) is 127 cm³/mol. The molecule has 8 nitrogen and oxygen atoms in total. The number of nitrogens with one attached hydrogen (secondary N) is 2. The number of nitrogens with zero attached hydrogens (tertiary/aromatic N) is 4. The number of hydrogen-bond donors (Lipinski definition) is 2. The molecular formula is C25H19F3N6O2. The summed E-state index contributed by atoms with van der Waals surface area (Å²) in [6.07, 6.45) is -0.898. The third-order valence-electron chi connectivity index (χ3n) is 5.37. The van der Waals surface area contributed by atoms with Crippen LogP contribution in [0.25, 0.3) is 39.5 Å². The van der Waals surface area contributed by atoms with E-state index < -0.39 is 18.8 Å². The van der Waals surface area contributed by atoms with Crippen LogP contribution >= 0.6 is 0 Å². The van der Waals surface area contributed by atoms with Gasteiger partial charge in [-0.2, -0.15) is 13.2 Å². The van der Waals surface area contributed by atoms with E-state index in [2.05, 4.69) is 20.5 Å². The molecule has 0 spiro atoms. The Labute approximate surface area is 202 Å². The molecule has 3 heterocycles. The van der Waals surface area contributed by atoms with Crippen LogP contribution in [0.15, 0.2) is 77.5 Å². The van der Waals surface area contributed by atoms with Gasteiger partial charge in [-0.15, -0.1) is 10.2 Å². The van der Waals surface area contributed by atoms with Gasteiger partial charge in [-0.05, 0) is 47.5 Å². The van der Waals surface area contributed by atoms with E-state index in [9.17, 15) is 18.0 Å². The fourth-order valence-electron chi connectivity index (χ4n) is 3.70. The summed E-state index contributed by atoms with van der Waals surface area (Å²) >= 11 is 0. The van der Waals surface area contributed by atoms with Crippen molar-refractivity contribution in [2.24, 2.45) is 0 Å². The number of aryl methyl sites for hydroxylation is 1. The summed E-state index contributed by atoms with van der Waals surface area (Å²) in [6, 6.07) is 17.5. The first kappa shape index (κ1) is 23.1. The smallest absolute Gasteiger partial charge is 0.405 e. The van der Waals surface area contributed by atoms with Crippen molar-refractivity contribution in [2.75, 3.05) is 11.9 Å². The van der Waals surface area contributed by atoms with Crippen LogP contribution in [0.5, 0.6) is 0 Å². The van der Waals surface area contributed by atoms with Crippen molar-refractivity contribution in [1.29, 1.82) is 0 Å². The topological polar surface area (TPSA) is 97.3 Å². The number of rotatable bonds is 5. The van der Waals surface area contributed by atoms with Gasteiger partial charge in [-0.25, -0.2) is 9.78 Å². The maximum atomic E-state index is 12.3. The van der Waals surface area contributed by atoms with Gasteiger partial charge >= 0.3 is 12.2 Å². The molecule has 3 aromatic heterocycles. The van der Waals surface area contributed by atoms with E-state index in [-0.39, 0.29) is 0 Å². The van der Waals surface area contributed by atoms with E-state index in [1.165, 1.54) is 0 Å². The molecule has 0 aliphatic carbocycles. The molecule has 0 bridgehead atoms. The lowest BCUT2D eigenvalue weighted by Gasteiger charge is -2.11. The summed E-state index contributed by atoms with van der Waals surface area (Å²) in [4.78, 5) is 16.3. The maximum absolute atomic E-state index is 12.3. The highest BCUT2D eigenvalue weighted by Crippen LogP contribution is 2.28. The lowest BCUT2D eigenvalue weighted by molar-refractivity contribution is -0.122. The van der Waals surface area contributed by atoms with E-state index in [4.69, 9.17) is 4.42 Å². The number of carbonyl (C=O) groups excluding carboxylic acids is 1. The second kappa shape index (κ2) is 9.17. The number of alkyl halides is 3. The number of halogens is 3.